The Labute approximate surface area is 133 Å². The van der Waals surface area contributed by atoms with E-state index in [2.05, 4.69) is 11.9 Å². The number of hydrogen-bond donors (Lipinski definition) is 2. The number of carbonyl (C=O) groups excluding carboxylic acids is 1. The lowest BCUT2D eigenvalue weighted by Gasteiger charge is -2.31. The van der Waals surface area contributed by atoms with Crippen LogP contribution in [-0.2, 0) is 9.53 Å². The minimum Gasteiger partial charge on any atom is -0.480 e. The third-order valence-corrected chi connectivity index (χ3v) is 4.56. The molecule has 0 aromatic heterocycles. The molecule has 1 rings (SSSR count). The number of alkyl carbamates (subject to hydrolysis) is 1. The highest BCUT2D eigenvalue weighted by molar-refractivity contribution is 5.80. The van der Waals surface area contributed by atoms with Gasteiger partial charge in [0.05, 0.1) is 6.61 Å². The van der Waals surface area contributed by atoms with Crippen molar-refractivity contribution in [3.8, 4) is 0 Å². The summed E-state index contributed by atoms with van der Waals surface area (Å²) in [4.78, 5) is 23.3. The Morgan fingerprint density at radius 1 is 1.41 bits per heavy atom. The third-order valence-electron chi connectivity index (χ3n) is 4.56. The van der Waals surface area contributed by atoms with Crippen molar-refractivity contribution in [3.63, 3.8) is 0 Å². The zero-order chi connectivity index (χ0) is 16.6. The van der Waals surface area contributed by atoms with Gasteiger partial charge in [0.25, 0.3) is 0 Å². The van der Waals surface area contributed by atoms with E-state index in [1.807, 2.05) is 19.9 Å². The van der Waals surface area contributed by atoms with Crippen LogP contribution in [0.4, 0.5) is 4.79 Å². The fourth-order valence-corrected chi connectivity index (χ4v) is 3.08. The zero-order valence-electron chi connectivity index (χ0n) is 13.8. The molecule has 0 bridgehead atoms. The van der Waals surface area contributed by atoms with Gasteiger partial charge in [0, 0.05) is 0 Å². The molecule has 126 valence electrons. The highest BCUT2D eigenvalue weighted by atomic mass is 16.5. The molecule has 1 amide bonds. The van der Waals surface area contributed by atoms with Gasteiger partial charge in [-0.25, -0.2) is 9.59 Å². The van der Waals surface area contributed by atoms with Crippen LogP contribution in [0.15, 0.2) is 12.7 Å². The van der Waals surface area contributed by atoms with Crippen molar-refractivity contribution in [2.75, 3.05) is 6.61 Å². The van der Waals surface area contributed by atoms with Crippen molar-refractivity contribution in [1.82, 2.24) is 5.32 Å². The van der Waals surface area contributed by atoms with E-state index in [4.69, 9.17) is 4.74 Å². The van der Waals surface area contributed by atoms with Crippen LogP contribution < -0.4 is 5.32 Å². The van der Waals surface area contributed by atoms with Crippen LogP contribution in [0.1, 0.15) is 58.8 Å². The fourth-order valence-electron chi connectivity index (χ4n) is 3.08. The average Bonchev–Trinajstić information content (AvgIpc) is 2.90. The van der Waals surface area contributed by atoms with Gasteiger partial charge in [-0.15, -0.1) is 6.58 Å². The first-order valence-electron chi connectivity index (χ1n) is 8.16. The monoisotopic (exact) mass is 311 g/mol. The second kappa shape index (κ2) is 8.81. The van der Waals surface area contributed by atoms with E-state index in [-0.39, 0.29) is 11.3 Å². The van der Waals surface area contributed by atoms with Gasteiger partial charge in [-0.2, -0.15) is 0 Å². The number of carboxylic acids is 1. The number of allylic oxidation sites excluding steroid dienone is 1. The first-order chi connectivity index (χ1) is 10.4. The summed E-state index contributed by atoms with van der Waals surface area (Å²) in [5.74, 6) is -0.726. The highest BCUT2D eigenvalue weighted by Gasteiger charge is 2.42. The molecule has 0 spiro atoms. The van der Waals surface area contributed by atoms with Crippen LogP contribution in [0.2, 0.25) is 0 Å². The number of nitrogens with one attached hydrogen (secondary N) is 1. The minimum atomic E-state index is -0.986. The van der Waals surface area contributed by atoms with Gasteiger partial charge in [0.1, 0.15) is 6.04 Å². The molecule has 0 aliphatic heterocycles. The molecule has 0 heterocycles. The number of rotatable bonds is 9. The van der Waals surface area contributed by atoms with Crippen molar-refractivity contribution in [2.24, 2.45) is 11.3 Å². The van der Waals surface area contributed by atoms with Gasteiger partial charge in [0.2, 0.25) is 0 Å². The Balaban J connectivity index is 2.41. The number of hydrogen-bond acceptors (Lipinski definition) is 3. The first kappa shape index (κ1) is 18.5. The lowest BCUT2D eigenvalue weighted by atomic mass is 9.80. The summed E-state index contributed by atoms with van der Waals surface area (Å²) >= 11 is 0. The molecule has 5 heteroatoms. The number of unbranched alkanes of at least 4 members (excludes halogenated alkanes) is 1. The lowest BCUT2D eigenvalue weighted by Crippen LogP contribution is -2.50. The Hall–Kier alpha value is -1.52. The van der Waals surface area contributed by atoms with Gasteiger partial charge in [-0.3, -0.25) is 0 Å². The largest absolute Gasteiger partial charge is 0.480 e. The Bertz CT molecular complexity index is 388. The standard InChI is InChI=1S/C17H29NO4/c1-4-5-6-9-13(2)12-22-16(21)18-14(15(19)20)17(3)10-7-8-11-17/h4,13-14H,1,5-12H2,2-3H3,(H,18,21)(H,19,20)/t13-,14+/m0/s1. The van der Waals surface area contributed by atoms with Crippen molar-refractivity contribution in [1.29, 1.82) is 0 Å². The Kier molecular flexibility index (Phi) is 7.42. The van der Waals surface area contributed by atoms with Crippen LogP contribution in [0, 0.1) is 11.3 Å². The summed E-state index contributed by atoms with van der Waals surface area (Å²) in [6.45, 7) is 7.93. The molecule has 1 fully saturated rings. The maximum atomic E-state index is 11.9. The predicted octanol–water partition coefficient (Wildman–Crippen LogP) is 3.74. The predicted molar refractivity (Wildman–Crippen MR) is 85.7 cm³/mol. The molecule has 2 N–H and O–H groups in total. The molecule has 0 saturated heterocycles. The summed E-state index contributed by atoms with van der Waals surface area (Å²) in [6.07, 6.45) is 7.84. The molecule has 0 radical (unpaired) electrons. The Morgan fingerprint density at radius 2 is 2.05 bits per heavy atom. The fraction of sp³-hybridized carbons (Fsp3) is 0.765. The second-order valence-electron chi connectivity index (χ2n) is 6.70. The maximum absolute atomic E-state index is 11.9. The summed E-state index contributed by atoms with van der Waals surface area (Å²) in [7, 11) is 0. The van der Waals surface area contributed by atoms with E-state index in [0.29, 0.717) is 6.61 Å². The van der Waals surface area contributed by atoms with E-state index >= 15 is 0 Å². The number of carboxylic acid groups (broad SMARTS) is 1. The van der Waals surface area contributed by atoms with Crippen LogP contribution >= 0.6 is 0 Å². The molecule has 1 saturated carbocycles. The molecule has 0 aromatic carbocycles. The van der Waals surface area contributed by atoms with Crippen LogP contribution in [-0.4, -0.2) is 29.8 Å². The highest BCUT2D eigenvalue weighted by Crippen LogP contribution is 2.40. The molecule has 2 atom stereocenters. The normalized spacial score (nSPS) is 19.2. The summed E-state index contributed by atoms with van der Waals surface area (Å²) < 4.78 is 5.18. The van der Waals surface area contributed by atoms with Gasteiger partial charge < -0.3 is 15.2 Å². The average molecular weight is 311 g/mol. The third kappa shape index (κ3) is 5.70. The van der Waals surface area contributed by atoms with Gasteiger partial charge >= 0.3 is 12.1 Å². The molecular weight excluding hydrogens is 282 g/mol. The van der Waals surface area contributed by atoms with Crippen LogP contribution in [0.25, 0.3) is 0 Å². The van der Waals surface area contributed by atoms with Crippen molar-refractivity contribution < 1.29 is 19.4 Å². The van der Waals surface area contributed by atoms with E-state index < -0.39 is 18.1 Å². The number of amides is 1. The van der Waals surface area contributed by atoms with Crippen molar-refractivity contribution >= 4 is 12.1 Å². The van der Waals surface area contributed by atoms with Crippen molar-refractivity contribution in [3.05, 3.63) is 12.7 Å². The SMILES string of the molecule is C=CCCC[C@H](C)COC(=O)N[C@H](C(=O)O)C1(C)CCCC1. The van der Waals surface area contributed by atoms with Crippen molar-refractivity contribution in [2.45, 2.75) is 64.8 Å². The van der Waals surface area contributed by atoms with Gasteiger partial charge in [-0.1, -0.05) is 32.8 Å². The molecular formula is C17H29NO4. The molecule has 1 aliphatic rings. The summed E-state index contributed by atoms with van der Waals surface area (Å²) in [5, 5.41) is 11.9. The molecule has 5 nitrogen and oxygen atoms in total. The number of carbonyl (C=O) groups is 2. The van der Waals surface area contributed by atoms with E-state index in [1.54, 1.807) is 0 Å². The topological polar surface area (TPSA) is 75.6 Å². The molecule has 1 aliphatic carbocycles. The molecule has 22 heavy (non-hydrogen) atoms. The van der Waals surface area contributed by atoms with Crippen LogP contribution in [0.5, 0.6) is 0 Å². The van der Waals surface area contributed by atoms with Gasteiger partial charge in [0.15, 0.2) is 0 Å². The van der Waals surface area contributed by atoms with Gasteiger partial charge in [-0.05, 0) is 43.4 Å². The first-order valence-corrected chi connectivity index (χ1v) is 8.16. The maximum Gasteiger partial charge on any atom is 0.407 e. The van der Waals surface area contributed by atoms with Crippen LogP contribution in [0.3, 0.4) is 0 Å². The summed E-state index contributed by atoms with van der Waals surface area (Å²) in [6, 6.07) is -0.876. The van der Waals surface area contributed by atoms with E-state index in [9.17, 15) is 14.7 Å². The quantitative estimate of drug-likeness (QED) is 0.502. The number of aliphatic carboxylic acids is 1. The van der Waals surface area contributed by atoms with E-state index in [0.717, 1.165) is 44.9 Å². The number of ether oxygens (including phenoxy) is 1. The lowest BCUT2D eigenvalue weighted by molar-refractivity contribution is -0.142. The second-order valence-corrected chi connectivity index (χ2v) is 6.70. The van der Waals surface area contributed by atoms with E-state index in [1.165, 1.54) is 0 Å². The molecule has 0 unspecified atom stereocenters. The molecule has 0 aromatic rings. The Morgan fingerprint density at radius 3 is 2.59 bits per heavy atom. The zero-order valence-corrected chi connectivity index (χ0v) is 13.8. The smallest absolute Gasteiger partial charge is 0.407 e. The minimum absolute atomic E-state index is 0.260. The summed E-state index contributed by atoms with van der Waals surface area (Å²) in [5.41, 5.74) is -0.375.